The van der Waals surface area contributed by atoms with Crippen LogP contribution >= 0.6 is 0 Å². The van der Waals surface area contributed by atoms with Gasteiger partial charge in [-0.3, -0.25) is 9.59 Å². The smallest absolute Gasteiger partial charge is 0.405 e. The van der Waals surface area contributed by atoms with Gasteiger partial charge in [0.1, 0.15) is 17.7 Å². The molecule has 2 aliphatic rings. The molecule has 3 atom stereocenters. The van der Waals surface area contributed by atoms with Gasteiger partial charge in [-0.1, -0.05) is 62.4 Å². The zero-order valence-corrected chi connectivity index (χ0v) is 31.0. The second-order valence-corrected chi connectivity index (χ2v) is 14.7. The number of carbonyl (C=O) groups excluding carboxylic acids is 3. The Labute approximate surface area is 314 Å². The molecule has 0 bridgehead atoms. The van der Waals surface area contributed by atoms with E-state index in [1.165, 1.54) is 0 Å². The van der Waals surface area contributed by atoms with Crippen LogP contribution in [-0.2, 0) is 14.3 Å². The Morgan fingerprint density at radius 2 is 1.26 bits per heavy atom. The van der Waals surface area contributed by atoms with E-state index in [9.17, 15) is 14.4 Å². The lowest BCUT2D eigenvalue weighted by molar-refractivity contribution is -0.149. The molecular formula is C40H46N10O4. The van der Waals surface area contributed by atoms with Gasteiger partial charge >= 0.3 is 6.09 Å². The van der Waals surface area contributed by atoms with Crippen molar-refractivity contribution in [1.29, 1.82) is 0 Å². The number of likely N-dealkylation sites (tertiary alicyclic amines) is 2. The number of amides is 3. The molecule has 54 heavy (non-hydrogen) atoms. The van der Waals surface area contributed by atoms with Gasteiger partial charge in [0.2, 0.25) is 11.9 Å². The Hall–Kier alpha value is -6.05. The number of rotatable bonds is 11. The average Bonchev–Trinajstić information content (AvgIpc) is 4.00. The molecule has 0 spiro atoms. The fraction of sp³-hybridized carbons (Fsp3) is 0.375. The maximum atomic E-state index is 13.8. The number of nitrogens with two attached hydrogens (primary N) is 1. The molecule has 0 aliphatic carbocycles. The number of imidazole rings is 2. The predicted octanol–water partition coefficient (Wildman–Crippen LogP) is 6.26. The lowest BCUT2D eigenvalue weighted by Gasteiger charge is -2.31. The molecule has 7 rings (SSSR count). The second-order valence-electron chi connectivity index (χ2n) is 14.7. The Morgan fingerprint density at radius 1 is 0.778 bits per heavy atom. The quantitative estimate of drug-likeness (QED) is 0.122. The van der Waals surface area contributed by atoms with E-state index in [0.29, 0.717) is 24.9 Å². The van der Waals surface area contributed by atoms with Crippen LogP contribution in [0.2, 0.25) is 0 Å². The molecule has 2 fully saturated rings. The van der Waals surface area contributed by atoms with Gasteiger partial charge in [0.15, 0.2) is 5.60 Å². The summed E-state index contributed by atoms with van der Waals surface area (Å²) in [7, 11) is 0. The molecule has 3 amide bonds. The van der Waals surface area contributed by atoms with Gasteiger partial charge in [0, 0.05) is 25.5 Å². The van der Waals surface area contributed by atoms with E-state index in [0.717, 1.165) is 65.1 Å². The summed E-state index contributed by atoms with van der Waals surface area (Å²) in [6, 6.07) is 17.5. The minimum absolute atomic E-state index is 0.0200. The minimum Gasteiger partial charge on any atom is -0.434 e. The van der Waals surface area contributed by atoms with Crippen molar-refractivity contribution in [2.45, 2.75) is 77.1 Å². The van der Waals surface area contributed by atoms with Gasteiger partial charge in [-0.05, 0) is 73.8 Å². The van der Waals surface area contributed by atoms with Crippen molar-refractivity contribution in [3.8, 4) is 33.6 Å². The maximum absolute atomic E-state index is 13.8. The average molecular weight is 731 g/mol. The molecule has 5 heterocycles. The molecule has 14 nitrogen and oxygen atoms in total. The van der Waals surface area contributed by atoms with Crippen LogP contribution in [0.15, 0.2) is 79.4 Å². The van der Waals surface area contributed by atoms with Crippen molar-refractivity contribution in [2.24, 2.45) is 11.7 Å². The van der Waals surface area contributed by atoms with Crippen LogP contribution in [0.4, 0.5) is 10.7 Å². The minimum atomic E-state index is -1.37. The third kappa shape index (κ3) is 7.54. The van der Waals surface area contributed by atoms with Crippen LogP contribution in [0.5, 0.6) is 0 Å². The van der Waals surface area contributed by atoms with Gasteiger partial charge < -0.3 is 35.6 Å². The van der Waals surface area contributed by atoms with Crippen LogP contribution in [0.1, 0.15) is 77.1 Å². The van der Waals surface area contributed by atoms with E-state index in [4.69, 9.17) is 15.5 Å². The lowest BCUT2D eigenvalue weighted by Crippen LogP contribution is -2.48. The van der Waals surface area contributed by atoms with Gasteiger partial charge in [0.05, 0.1) is 35.9 Å². The molecule has 5 aromatic rings. The van der Waals surface area contributed by atoms with Crippen LogP contribution in [0.3, 0.4) is 0 Å². The zero-order valence-electron chi connectivity index (χ0n) is 31.0. The number of aromatic amines is 2. The Balaban J connectivity index is 1.00. The summed E-state index contributed by atoms with van der Waals surface area (Å²) < 4.78 is 5.10. The first-order chi connectivity index (χ1) is 26.0. The monoisotopic (exact) mass is 730 g/mol. The second kappa shape index (κ2) is 15.1. The molecular weight excluding hydrogens is 685 g/mol. The highest BCUT2D eigenvalue weighted by Gasteiger charge is 2.42. The topological polar surface area (TPSA) is 188 Å². The Bertz CT molecular complexity index is 2090. The van der Waals surface area contributed by atoms with Crippen LogP contribution in [0.25, 0.3) is 33.6 Å². The fourth-order valence-electron chi connectivity index (χ4n) is 7.44. The SMILES string of the molecule is CC(C)[C@@H](Nc1ncccn1)C(=O)N1CCC[C@H]1c1ncc(-c2ccc(-c3ccc(-c4cnc([C@@H]5CCCN5C(=O)C(C)(C)OC(N)=O)[nH]4)cc3)cc2)[nH]1. The summed E-state index contributed by atoms with van der Waals surface area (Å²) in [4.78, 5) is 66.8. The van der Waals surface area contributed by atoms with Crippen molar-refractivity contribution < 1.29 is 19.1 Å². The molecule has 0 unspecified atom stereocenters. The highest BCUT2D eigenvalue weighted by Crippen LogP contribution is 2.36. The number of carbonyl (C=O) groups is 3. The summed E-state index contributed by atoms with van der Waals surface area (Å²) in [6.45, 7) is 8.35. The van der Waals surface area contributed by atoms with Gasteiger partial charge in [-0.25, -0.2) is 24.7 Å². The number of nitrogens with zero attached hydrogens (tertiary/aromatic N) is 6. The third-order valence-corrected chi connectivity index (χ3v) is 10.3. The van der Waals surface area contributed by atoms with Crippen molar-refractivity contribution in [1.82, 2.24) is 39.7 Å². The van der Waals surface area contributed by atoms with E-state index >= 15 is 0 Å². The largest absolute Gasteiger partial charge is 0.434 e. The van der Waals surface area contributed by atoms with Gasteiger partial charge in [-0.2, -0.15) is 0 Å². The first-order valence-corrected chi connectivity index (χ1v) is 18.4. The number of anilines is 1. The summed E-state index contributed by atoms with van der Waals surface area (Å²) in [5.74, 6) is 1.67. The highest BCUT2D eigenvalue weighted by molar-refractivity contribution is 5.87. The van der Waals surface area contributed by atoms with Crippen LogP contribution in [0, 0.1) is 5.92 Å². The number of H-pyrrole nitrogens is 2. The van der Waals surface area contributed by atoms with E-state index < -0.39 is 17.7 Å². The summed E-state index contributed by atoms with van der Waals surface area (Å²) >= 11 is 0. The first-order valence-electron chi connectivity index (χ1n) is 18.4. The van der Waals surface area contributed by atoms with Crippen molar-refractivity contribution >= 4 is 23.9 Å². The van der Waals surface area contributed by atoms with Crippen molar-refractivity contribution in [3.63, 3.8) is 0 Å². The van der Waals surface area contributed by atoms with Crippen molar-refractivity contribution in [3.05, 3.63) is 91.0 Å². The number of benzene rings is 2. The Morgan fingerprint density at radius 3 is 1.76 bits per heavy atom. The standard InChI is InChI=1S/C40H46N10O4/c1-24(2)33(48-39-42-18-7-19-43-39)36(51)49-20-5-8-31(49)34-44-22-29(46-34)27-14-10-25(11-15-27)26-12-16-28(17-13-26)30-23-45-35(47-30)32-9-6-21-50(32)37(52)40(3,4)54-38(41)53/h7,10-19,22-24,31-33H,5-6,8-9,20-21H2,1-4H3,(H2,41,53)(H,44,46)(H,45,47)(H,42,43,48)/t31-,32-,33+/m0/s1. The number of ether oxygens (including phenoxy) is 1. The van der Waals surface area contributed by atoms with E-state index in [1.807, 2.05) is 37.1 Å². The summed E-state index contributed by atoms with van der Waals surface area (Å²) in [5.41, 5.74) is 9.67. The lowest BCUT2D eigenvalue weighted by atomic mass is 10.0. The van der Waals surface area contributed by atoms with E-state index in [2.05, 4.69) is 66.6 Å². The Kier molecular flexibility index (Phi) is 10.2. The molecule has 280 valence electrons. The normalized spacial score (nSPS) is 17.9. The molecule has 14 heteroatoms. The summed E-state index contributed by atoms with van der Waals surface area (Å²) in [5, 5.41) is 3.24. The van der Waals surface area contributed by atoms with Crippen LogP contribution < -0.4 is 11.1 Å². The van der Waals surface area contributed by atoms with E-state index in [1.54, 1.807) is 43.4 Å². The molecule has 3 aromatic heterocycles. The predicted molar refractivity (Wildman–Crippen MR) is 203 cm³/mol. The maximum Gasteiger partial charge on any atom is 0.405 e. The number of nitrogens with one attached hydrogen (secondary N) is 3. The molecule has 0 saturated carbocycles. The molecule has 2 saturated heterocycles. The number of aromatic nitrogens is 6. The number of hydrogen-bond donors (Lipinski definition) is 4. The molecule has 0 radical (unpaired) electrons. The molecule has 2 aliphatic heterocycles. The fourth-order valence-corrected chi connectivity index (χ4v) is 7.44. The van der Waals surface area contributed by atoms with Crippen molar-refractivity contribution in [2.75, 3.05) is 18.4 Å². The zero-order chi connectivity index (χ0) is 38.0. The summed E-state index contributed by atoms with van der Waals surface area (Å²) in [6.07, 6.45) is 9.27. The number of hydrogen-bond acceptors (Lipinski definition) is 9. The van der Waals surface area contributed by atoms with Gasteiger partial charge in [0.25, 0.3) is 5.91 Å². The van der Waals surface area contributed by atoms with Crippen LogP contribution in [-0.4, -0.2) is 82.3 Å². The first kappa shape index (κ1) is 36.3. The molecule has 2 aromatic carbocycles. The van der Waals surface area contributed by atoms with E-state index in [-0.39, 0.29) is 29.8 Å². The third-order valence-electron chi connectivity index (χ3n) is 10.3. The highest BCUT2D eigenvalue weighted by atomic mass is 16.6. The molecule has 5 N–H and O–H groups in total. The number of primary amides is 1. The van der Waals surface area contributed by atoms with Gasteiger partial charge in [-0.15, -0.1) is 0 Å².